The normalized spacial score (nSPS) is 30.6. The number of nitrogens with zero attached hydrogens (tertiary/aromatic N) is 3. The fourth-order valence-electron chi connectivity index (χ4n) is 2.56. The van der Waals surface area contributed by atoms with Crippen LogP contribution in [0.15, 0.2) is 6.33 Å². The van der Waals surface area contributed by atoms with Crippen LogP contribution in [0.1, 0.15) is 38.9 Å². The van der Waals surface area contributed by atoms with Crippen LogP contribution in [-0.2, 0) is 13.6 Å². The zero-order valence-corrected chi connectivity index (χ0v) is 10.5. The van der Waals surface area contributed by atoms with E-state index in [4.69, 9.17) is 0 Å². The second-order valence-electron chi connectivity index (χ2n) is 5.11. The zero-order valence-electron chi connectivity index (χ0n) is 10.5. The van der Waals surface area contributed by atoms with Gasteiger partial charge in [-0.2, -0.15) is 0 Å². The molecule has 0 saturated heterocycles. The highest BCUT2D eigenvalue weighted by molar-refractivity contribution is 4.87. The van der Waals surface area contributed by atoms with E-state index in [1.807, 2.05) is 11.6 Å². The van der Waals surface area contributed by atoms with Crippen LogP contribution in [0.4, 0.5) is 0 Å². The van der Waals surface area contributed by atoms with Crippen LogP contribution in [0, 0.1) is 11.8 Å². The molecule has 16 heavy (non-hydrogen) atoms. The Bertz CT molecular complexity index is 334. The molecule has 1 fully saturated rings. The quantitative estimate of drug-likeness (QED) is 0.847. The molecule has 1 saturated carbocycles. The van der Waals surface area contributed by atoms with E-state index >= 15 is 0 Å². The summed E-state index contributed by atoms with van der Waals surface area (Å²) in [4.78, 5) is 0. The van der Waals surface area contributed by atoms with Gasteiger partial charge in [0.15, 0.2) is 0 Å². The fraction of sp³-hybridized carbons (Fsp3) is 0.833. The van der Waals surface area contributed by atoms with Gasteiger partial charge in [0.05, 0.1) is 6.54 Å². The molecule has 4 heteroatoms. The second kappa shape index (κ2) is 4.95. The molecule has 4 nitrogen and oxygen atoms in total. The van der Waals surface area contributed by atoms with Crippen molar-refractivity contribution in [3.8, 4) is 0 Å². The first-order valence-electron chi connectivity index (χ1n) is 6.24. The second-order valence-corrected chi connectivity index (χ2v) is 5.11. The fourth-order valence-corrected chi connectivity index (χ4v) is 2.56. The van der Waals surface area contributed by atoms with Gasteiger partial charge < -0.3 is 9.88 Å². The number of aryl methyl sites for hydroxylation is 1. The summed E-state index contributed by atoms with van der Waals surface area (Å²) in [6.45, 7) is 5.55. The molecule has 0 radical (unpaired) electrons. The molecule has 1 aliphatic rings. The Morgan fingerprint density at radius 2 is 2.25 bits per heavy atom. The summed E-state index contributed by atoms with van der Waals surface area (Å²) in [5.74, 6) is 2.62. The minimum atomic E-state index is 0.639. The third kappa shape index (κ3) is 2.43. The minimum Gasteiger partial charge on any atom is -0.320 e. The Balaban J connectivity index is 1.88. The molecular formula is C12H22N4. The molecule has 1 aliphatic carbocycles. The van der Waals surface area contributed by atoms with E-state index in [1.54, 1.807) is 6.33 Å². The van der Waals surface area contributed by atoms with Gasteiger partial charge >= 0.3 is 0 Å². The molecule has 1 aromatic rings. The maximum absolute atomic E-state index is 4.09. The maximum Gasteiger partial charge on any atom is 0.146 e. The third-order valence-corrected chi connectivity index (χ3v) is 4.03. The van der Waals surface area contributed by atoms with Gasteiger partial charge in [-0.25, -0.2) is 0 Å². The lowest BCUT2D eigenvalue weighted by Crippen LogP contribution is -2.40. The summed E-state index contributed by atoms with van der Waals surface area (Å²) in [5.41, 5.74) is 0. The number of nitrogens with one attached hydrogen (secondary N) is 1. The van der Waals surface area contributed by atoms with E-state index in [-0.39, 0.29) is 0 Å². The van der Waals surface area contributed by atoms with Gasteiger partial charge in [0, 0.05) is 13.1 Å². The predicted molar refractivity (Wildman–Crippen MR) is 63.8 cm³/mol. The van der Waals surface area contributed by atoms with Gasteiger partial charge in [-0.3, -0.25) is 0 Å². The van der Waals surface area contributed by atoms with E-state index in [1.165, 1.54) is 19.3 Å². The van der Waals surface area contributed by atoms with Crippen molar-refractivity contribution in [3.63, 3.8) is 0 Å². The summed E-state index contributed by atoms with van der Waals surface area (Å²) < 4.78 is 1.98. The molecule has 1 N–H and O–H groups in total. The Morgan fingerprint density at radius 1 is 1.44 bits per heavy atom. The highest BCUT2D eigenvalue weighted by Crippen LogP contribution is 2.29. The first-order valence-corrected chi connectivity index (χ1v) is 6.24. The van der Waals surface area contributed by atoms with Crippen LogP contribution in [0.3, 0.4) is 0 Å². The van der Waals surface area contributed by atoms with Crippen molar-refractivity contribution in [1.82, 2.24) is 20.1 Å². The average Bonchev–Trinajstić information content (AvgIpc) is 2.67. The van der Waals surface area contributed by atoms with E-state index < -0.39 is 0 Å². The van der Waals surface area contributed by atoms with E-state index in [9.17, 15) is 0 Å². The van der Waals surface area contributed by atoms with Crippen molar-refractivity contribution >= 4 is 0 Å². The average molecular weight is 222 g/mol. The smallest absolute Gasteiger partial charge is 0.146 e. The molecule has 90 valence electrons. The molecule has 1 aromatic heterocycles. The molecule has 0 aliphatic heterocycles. The molecule has 0 aromatic carbocycles. The predicted octanol–water partition coefficient (Wildman–Crippen LogP) is 1.73. The summed E-state index contributed by atoms with van der Waals surface area (Å²) in [6, 6.07) is 0.639. The Morgan fingerprint density at radius 3 is 2.94 bits per heavy atom. The molecule has 2 rings (SSSR count). The largest absolute Gasteiger partial charge is 0.320 e. The number of rotatable bonds is 3. The van der Waals surface area contributed by atoms with Crippen LogP contribution in [0.2, 0.25) is 0 Å². The van der Waals surface area contributed by atoms with Crippen LogP contribution in [0.5, 0.6) is 0 Å². The Kier molecular flexibility index (Phi) is 3.59. The van der Waals surface area contributed by atoms with Gasteiger partial charge in [-0.1, -0.05) is 26.7 Å². The zero-order chi connectivity index (χ0) is 11.5. The van der Waals surface area contributed by atoms with Crippen LogP contribution < -0.4 is 5.32 Å². The van der Waals surface area contributed by atoms with Crippen molar-refractivity contribution in [2.75, 3.05) is 0 Å². The molecule has 3 atom stereocenters. The monoisotopic (exact) mass is 222 g/mol. The number of hydrogen-bond donors (Lipinski definition) is 1. The summed E-state index contributed by atoms with van der Waals surface area (Å²) >= 11 is 0. The first-order chi connectivity index (χ1) is 7.68. The maximum atomic E-state index is 4.09. The van der Waals surface area contributed by atoms with Gasteiger partial charge in [-0.15, -0.1) is 10.2 Å². The van der Waals surface area contributed by atoms with E-state index in [0.717, 1.165) is 24.2 Å². The van der Waals surface area contributed by atoms with Crippen molar-refractivity contribution in [3.05, 3.63) is 12.2 Å². The van der Waals surface area contributed by atoms with Crippen LogP contribution in [-0.4, -0.2) is 20.8 Å². The van der Waals surface area contributed by atoms with E-state index in [2.05, 4.69) is 29.4 Å². The van der Waals surface area contributed by atoms with Crippen molar-refractivity contribution in [2.24, 2.45) is 18.9 Å². The van der Waals surface area contributed by atoms with Crippen LogP contribution in [0.25, 0.3) is 0 Å². The van der Waals surface area contributed by atoms with Gasteiger partial charge in [0.2, 0.25) is 0 Å². The highest BCUT2D eigenvalue weighted by atomic mass is 15.3. The minimum absolute atomic E-state index is 0.639. The standard InChI is InChI=1S/C12H22N4/c1-9-5-4-6-11(10(9)2)13-7-12-15-14-8-16(12)3/h8-11,13H,4-7H2,1-3H3. The molecule has 0 amide bonds. The van der Waals surface area contributed by atoms with E-state index in [0.29, 0.717) is 6.04 Å². The topological polar surface area (TPSA) is 42.7 Å². The molecular weight excluding hydrogens is 200 g/mol. The third-order valence-electron chi connectivity index (χ3n) is 4.03. The van der Waals surface area contributed by atoms with Crippen LogP contribution >= 0.6 is 0 Å². The highest BCUT2D eigenvalue weighted by Gasteiger charge is 2.26. The van der Waals surface area contributed by atoms with Gasteiger partial charge in [-0.05, 0) is 18.3 Å². The van der Waals surface area contributed by atoms with Crippen molar-refractivity contribution in [2.45, 2.75) is 45.7 Å². The molecule has 0 spiro atoms. The van der Waals surface area contributed by atoms with Crippen molar-refractivity contribution in [1.29, 1.82) is 0 Å². The van der Waals surface area contributed by atoms with Gasteiger partial charge in [0.25, 0.3) is 0 Å². The Labute approximate surface area is 97.5 Å². The van der Waals surface area contributed by atoms with Crippen molar-refractivity contribution < 1.29 is 0 Å². The lowest BCUT2D eigenvalue weighted by atomic mass is 9.78. The summed E-state index contributed by atoms with van der Waals surface area (Å²) in [5, 5.41) is 11.6. The SMILES string of the molecule is CC1CCCC(NCc2nncn2C)C1C. The molecule has 0 bridgehead atoms. The summed E-state index contributed by atoms with van der Waals surface area (Å²) in [6.07, 6.45) is 5.78. The Hall–Kier alpha value is -0.900. The molecule has 3 unspecified atom stereocenters. The lowest BCUT2D eigenvalue weighted by Gasteiger charge is -2.34. The summed E-state index contributed by atoms with van der Waals surface area (Å²) in [7, 11) is 1.99. The first kappa shape index (κ1) is 11.6. The number of aromatic nitrogens is 3. The molecule has 1 heterocycles. The lowest BCUT2D eigenvalue weighted by molar-refractivity contribution is 0.204. The van der Waals surface area contributed by atoms with Gasteiger partial charge in [0.1, 0.15) is 12.2 Å². The number of hydrogen-bond acceptors (Lipinski definition) is 3.